The van der Waals surface area contributed by atoms with Crippen LogP contribution in [0.2, 0.25) is 0 Å². The summed E-state index contributed by atoms with van der Waals surface area (Å²) in [7, 11) is 0. The number of halogens is 1. The summed E-state index contributed by atoms with van der Waals surface area (Å²) in [6, 6.07) is 9.73. The number of carbonyl (C=O) groups is 1. The highest BCUT2D eigenvalue weighted by Crippen LogP contribution is 2.04. The zero-order valence-corrected chi connectivity index (χ0v) is 9.20. The molecular formula is C10H12BrNO2. The molecule has 0 aliphatic rings. The minimum atomic E-state index is -0.981. The predicted octanol–water partition coefficient (Wildman–Crippen LogP) is 2.26. The average molecular weight is 258 g/mol. The molecule has 0 aliphatic carbocycles. The van der Waals surface area contributed by atoms with Crippen LogP contribution in [0.15, 0.2) is 30.3 Å². The molecular weight excluding hydrogens is 246 g/mol. The Labute approximate surface area is 91.3 Å². The summed E-state index contributed by atoms with van der Waals surface area (Å²) in [5.74, 6) is 0. The molecule has 1 amide bonds. The maximum Gasteiger partial charge on any atom is 0.404 e. The number of hydrogen-bond donors (Lipinski definition) is 2. The number of carboxylic acid groups (broad SMARTS) is 1. The normalized spacial score (nSPS) is 12.1. The van der Waals surface area contributed by atoms with Crippen molar-refractivity contribution in [2.75, 3.05) is 5.33 Å². The average Bonchev–Trinajstić information content (AvgIpc) is 2.17. The third-order valence-electron chi connectivity index (χ3n) is 1.84. The van der Waals surface area contributed by atoms with Crippen molar-refractivity contribution in [2.24, 2.45) is 0 Å². The van der Waals surface area contributed by atoms with E-state index in [2.05, 4.69) is 21.2 Å². The molecule has 3 nitrogen and oxygen atoms in total. The van der Waals surface area contributed by atoms with Gasteiger partial charge in [0.2, 0.25) is 0 Å². The number of nitrogens with one attached hydrogen (secondary N) is 1. The van der Waals surface area contributed by atoms with Gasteiger partial charge < -0.3 is 10.4 Å². The lowest BCUT2D eigenvalue weighted by Crippen LogP contribution is -2.36. The second-order valence-corrected chi connectivity index (χ2v) is 3.64. The van der Waals surface area contributed by atoms with Gasteiger partial charge >= 0.3 is 6.09 Å². The Kier molecular flexibility index (Phi) is 4.46. The molecule has 14 heavy (non-hydrogen) atoms. The Morgan fingerprint density at radius 1 is 1.43 bits per heavy atom. The van der Waals surface area contributed by atoms with Crippen molar-refractivity contribution in [3.05, 3.63) is 35.9 Å². The molecule has 2 N–H and O–H groups in total. The Balaban J connectivity index is 2.53. The minimum absolute atomic E-state index is 0.0742. The first kappa shape index (κ1) is 11.0. The van der Waals surface area contributed by atoms with Crippen LogP contribution >= 0.6 is 15.9 Å². The van der Waals surface area contributed by atoms with Crippen LogP contribution in [0.3, 0.4) is 0 Å². The molecule has 0 fully saturated rings. The highest BCUT2D eigenvalue weighted by atomic mass is 79.9. The second-order valence-electron chi connectivity index (χ2n) is 2.99. The van der Waals surface area contributed by atoms with Gasteiger partial charge in [0.25, 0.3) is 0 Å². The van der Waals surface area contributed by atoms with Crippen LogP contribution in [0.1, 0.15) is 5.56 Å². The smallest absolute Gasteiger partial charge is 0.404 e. The lowest BCUT2D eigenvalue weighted by Gasteiger charge is -2.13. The third-order valence-corrected chi connectivity index (χ3v) is 2.62. The van der Waals surface area contributed by atoms with Gasteiger partial charge in [-0.2, -0.15) is 0 Å². The minimum Gasteiger partial charge on any atom is -0.465 e. The van der Waals surface area contributed by atoms with Crippen molar-refractivity contribution in [3.8, 4) is 0 Å². The van der Waals surface area contributed by atoms with Crippen molar-refractivity contribution < 1.29 is 9.90 Å². The molecule has 0 saturated carbocycles. The first-order valence-corrected chi connectivity index (χ1v) is 5.44. The summed E-state index contributed by atoms with van der Waals surface area (Å²) >= 11 is 3.28. The molecule has 0 spiro atoms. The van der Waals surface area contributed by atoms with E-state index < -0.39 is 6.09 Å². The van der Waals surface area contributed by atoms with E-state index in [0.717, 1.165) is 5.56 Å². The van der Waals surface area contributed by atoms with Crippen LogP contribution in [-0.2, 0) is 6.42 Å². The fourth-order valence-electron chi connectivity index (χ4n) is 1.22. The molecule has 1 aromatic carbocycles. The van der Waals surface area contributed by atoms with Crippen LogP contribution < -0.4 is 5.32 Å². The fraction of sp³-hybridized carbons (Fsp3) is 0.300. The van der Waals surface area contributed by atoms with E-state index in [0.29, 0.717) is 11.8 Å². The summed E-state index contributed by atoms with van der Waals surface area (Å²) in [6.07, 6.45) is -0.274. The van der Waals surface area contributed by atoms with Crippen LogP contribution in [-0.4, -0.2) is 22.6 Å². The Morgan fingerprint density at radius 2 is 2.07 bits per heavy atom. The van der Waals surface area contributed by atoms with E-state index in [-0.39, 0.29) is 6.04 Å². The zero-order chi connectivity index (χ0) is 10.4. The standard InChI is InChI=1S/C10H12BrNO2/c11-7-9(12-10(13)14)6-8-4-2-1-3-5-8/h1-5,9,12H,6-7H2,(H,13,14). The maximum atomic E-state index is 10.4. The van der Waals surface area contributed by atoms with Gasteiger partial charge in [0, 0.05) is 11.4 Å². The summed E-state index contributed by atoms with van der Waals surface area (Å²) in [5.41, 5.74) is 1.13. The molecule has 1 atom stereocenters. The van der Waals surface area contributed by atoms with Gasteiger partial charge in [-0.1, -0.05) is 46.3 Å². The molecule has 1 unspecified atom stereocenters. The van der Waals surface area contributed by atoms with Crippen molar-refractivity contribution >= 4 is 22.0 Å². The second kappa shape index (κ2) is 5.65. The molecule has 0 aromatic heterocycles. The summed E-state index contributed by atoms with van der Waals surface area (Å²) in [5, 5.41) is 11.6. The predicted molar refractivity (Wildman–Crippen MR) is 58.9 cm³/mol. The Morgan fingerprint density at radius 3 is 2.57 bits per heavy atom. The molecule has 4 heteroatoms. The van der Waals surface area contributed by atoms with E-state index in [1.54, 1.807) is 0 Å². The van der Waals surface area contributed by atoms with E-state index in [9.17, 15) is 4.79 Å². The highest BCUT2D eigenvalue weighted by Gasteiger charge is 2.09. The molecule has 76 valence electrons. The van der Waals surface area contributed by atoms with E-state index in [1.807, 2.05) is 30.3 Å². The number of hydrogen-bond acceptors (Lipinski definition) is 1. The van der Waals surface area contributed by atoms with Gasteiger partial charge in [-0.05, 0) is 12.0 Å². The lowest BCUT2D eigenvalue weighted by atomic mass is 10.1. The maximum absolute atomic E-state index is 10.4. The van der Waals surface area contributed by atoms with Gasteiger partial charge in [-0.25, -0.2) is 4.79 Å². The van der Waals surface area contributed by atoms with E-state index in [1.165, 1.54) is 0 Å². The van der Waals surface area contributed by atoms with Crippen LogP contribution in [0.4, 0.5) is 4.79 Å². The van der Waals surface area contributed by atoms with Crippen molar-refractivity contribution in [1.29, 1.82) is 0 Å². The number of amides is 1. The van der Waals surface area contributed by atoms with Crippen LogP contribution in [0, 0.1) is 0 Å². The zero-order valence-electron chi connectivity index (χ0n) is 7.61. The molecule has 0 bridgehead atoms. The highest BCUT2D eigenvalue weighted by molar-refractivity contribution is 9.09. The summed E-state index contributed by atoms with van der Waals surface area (Å²) in [6.45, 7) is 0. The monoisotopic (exact) mass is 257 g/mol. The van der Waals surface area contributed by atoms with E-state index in [4.69, 9.17) is 5.11 Å². The lowest BCUT2D eigenvalue weighted by molar-refractivity contribution is 0.191. The van der Waals surface area contributed by atoms with E-state index >= 15 is 0 Å². The van der Waals surface area contributed by atoms with Crippen LogP contribution in [0.25, 0.3) is 0 Å². The molecule has 0 aliphatic heterocycles. The molecule has 0 heterocycles. The molecule has 0 saturated heterocycles. The first-order valence-electron chi connectivity index (χ1n) is 4.31. The van der Waals surface area contributed by atoms with Crippen molar-refractivity contribution in [1.82, 2.24) is 5.32 Å². The topological polar surface area (TPSA) is 49.3 Å². The van der Waals surface area contributed by atoms with Crippen molar-refractivity contribution in [3.63, 3.8) is 0 Å². The fourth-order valence-corrected chi connectivity index (χ4v) is 1.61. The Bertz CT molecular complexity index is 289. The Hall–Kier alpha value is -1.03. The van der Waals surface area contributed by atoms with Gasteiger partial charge in [0.15, 0.2) is 0 Å². The molecule has 0 radical (unpaired) electrons. The van der Waals surface area contributed by atoms with Gasteiger partial charge in [0.05, 0.1) is 0 Å². The number of alkyl halides is 1. The molecule has 1 aromatic rings. The SMILES string of the molecule is O=C(O)NC(CBr)Cc1ccccc1. The quantitative estimate of drug-likeness (QED) is 0.814. The van der Waals surface area contributed by atoms with Gasteiger partial charge in [0.1, 0.15) is 0 Å². The largest absolute Gasteiger partial charge is 0.465 e. The third kappa shape index (κ3) is 3.79. The van der Waals surface area contributed by atoms with Gasteiger partial charge in [-0.15, -0.1) is 0 Å². The first-order chi connectivity index (χ1) is 6.72. The number of rotatable bonds is 4. The molecule has 1 rings (SSSR count). The van der Waals surface area contributed by atoms with Crippen molar-refractivity contribution in [2.45, 2.75) is 12.5 Å². The van der Waals surface area contributed by atoms with Gasteiger partial charge in [-0.3, -0.25) is 0 Å². The van der Waals surface area contributed by atoms with Crippen LogP contribution in [0.5, 0.6) is 0 Å². The summed E-state index contributed by atoms with van der Waals surface area (Å²) < 4.78 is 0. The summed E-state index contributed by atoms with van der Waals surface area (Å²) in [4.78, 5) is 10.4. The number of benzene rings is 1.